The highest BCUT2D eigenvalue weighted by atomic mass is 32.1. The van der Waals surface area contributed by atoms with Gasteiger partial charge in [-0.1, -0.05) is 18.2 Å². The Balaban J connectivity index is 1.38. The summed E-state index contributed by atoms with van der Waals surface area (Å²) in [6.45, 7) is 2.19. The number of hydrogen-bond donors (Lipinski definition) is 1. The first-order valence-electron chi connectivity index (χ1n) is 10.2. The minimum atomic E-state index is -4.33. The van der Waals surface area contributed by atoms with Crippen molar-refractivity contribution in [3.63, 3.8) is 0 Å². The Labute approximate surface area is 187 Å². The maximum absolute atomic E-state index is 12.8. The van der Waals surface area contributed by atoms with E-state index in [1.165, 1.54) is 23.3 Å². The van der Waals surface area contributed by atoms with Crippen LogP contribution in [0.4, 0.5) is 13.2 Å². The molecule has 0 saturated carbocycles. The fourth-order valence-electron chi connectivity index (χ4n) is 3.80. The van der Waals surface area contributed by atoms with Gasteiger partial charge < -0.3 is 9.84 Å². The number of carboxylic acid groups (broad SMARTS) is 1. The molecule has 168 valence electrons. The molecule has 0 radical (unpaired) electrons. The number of halogens is 3. The lowest BCUT2D eigenvalue weighted by Crippen LogP contribution is -2.25. The first kappa shape index (κ1) is 22.4. The van der Waals surface area contributed by atoms with Crippen LogP contribution in [-0.4, -0.2) is 35.7 Å². The van der Waals surface area contributed by atoms with E-state index in [1.54, 1.807) is 11.3 Å². The third-order valence-corrected chi connectivity index (χ3v) is 6.59. The standard InChI is InChI=1S/C24H22F3NO3S/c25-24(26,27)19-4-1-17(2-5-19)22-8-7-21(32-22)14-28-11-9-16-3-6-20(31-15-23(29)30)13-18(16)10-12-28/h1-8,13H,9-12,14-15H2,(H,29,30). The Kier molecular flexibility index (Phi) is 6.53. The van der Waals surface area contributed by atoms with E-state index >= 15 is 0 Å². The van der Waals surface area contributed by atoms with Crippen molar-refractivity contribution in [3.8, 4) is 16.2 Å². The molecule has 0 spiro atoms. The van der Waals surface area contributed by atoms with E-state index in [9.17, 15) is 18.0 Å². The first-order valence-corrected chi connectivity index (χ1v) is 11.0. The third kappa shape index (κ3) is 5.49. The van der Waals surface area contributed by atoms with Gasteiger partial charge in [0.2, 0.25) is 0 Å². The maximum atomic E-state index is 12.8. The van der Waals surface area contributed by atoms with Gasteiger partial charge in [0.15, 0.2) is 6.61 Å². The molecule has 1 aliphatic rings. The Hall–Kier alpha value is -2.84. The zero-order valence-corrected chi connectivity index (χ0v) is 18.0. The minimum Gasteiger partial charge on any atom is -0.482 e. The number of carboxylic acids is 1. The minimum absolute atomic E-state index is 0.357. The molecular weight excluding hydrogens is 439 g/mol. The number of carbonyl (C=O) groups is 1. The highest BCUT2D eigenvalue weighted by Gasteiger charge is 2.30. The number of thiophene rings is 1. The lowest BCUT2D eigenvalue weighted by Gasteiger charge is -2.18. The molecule has 0 atom stereocenters. The van der Waals surface area contributed by atoms with E-state index in [0.717, 1.165) is 59.9 Å². The van der Waals surface area contributed by atoms with Crippen LogP contribution in [0.2, 0.25) is 0 Å². The smallest absolute Gasteiger partial charge is 0.416 e. The monoisotopic (exact) mass is 461 g/mol. The average Bonchev–Trinajstić information content (AvgIpc) is 3.13. The fourth-order valence-corrected chi connectivity index (χ4v) is 4.86. The number of ether oxygens (including phenoxy) is 1. The molecule has 3 aromatic rings. The van der Waals surface area contributed by atoms with Gasteiger partial charge in [-0.25, -0.2) is 4.79 Å². The highest BCUT2D eigenvalue weighted by Crippen LogP contribution is 2.33. The normalized spacial score (nSPS) is 14.6. The summed E-state index contributed by atoms with van der Waals surface area (Å²) in [6.07, 6.45) is -2.59. The molecule has 32 heavy (non-hydrogen) atoms. The second-order valence-corrected chi connectivity index (χ2v) is 8.90. The predicted octanol–water partition coefficient (Wildman–Crippen LogP) is 5.50. The quantitative estimate of drug-likeness (QED) is 0.527. The van der Waals surface area contributed by atoms with Crippen LogP contribution in [0, 0.1) is 0 Å². The van der Waals surface area contributed by atoms with Crippen LogP contribution in [-0.2, 0) is 30.4 Å². The summed E-state index contributed by atoms with van der Waals surface area (Å²) in [5.74, 6) is -0.434. The fraction of sp³-hybridized carbons (Fsp3) is 0.292. The molecular formula is C24H22F3NO3S. The van der Waals surface area contributed by atoms with E-state index < -0.39 is 17.7 Å². The highest BCUT2D eigenvalue weighted by molar-refractivity contribution is 7.15. The van der Waals surface area contributed by atoms with Gasteiger partial charge in [0.05, 0.1) is 5.56 Å². The largest absolute Gasteiger partial charge is 0.482 e. The molecule has 0 saturated heterocycles. The van der Waals surface area contributed by atoms with Crippen LogP contribution >= 0.6 is 11.3 Å². The molecule has 0 fully saturated rings. The van der Waals surface area contributed by atoms with Gasteiger partial charge in [0.1, 0.15) is 5.75 Å². The van der Waals surface area contributed by atoms with E-state index in [-0.39, 0.29) is 6.61 Å². The Bertz CT molecular complexity index is 1090. The lowest BCUT2D eigenvalue weighted by molar-refractivity contribution is -0.139. The molecule has 1 aliphatic heterocycles. The van der Waals surface area contributed by atoms with Gasteiger partial charge >= 0.3 is 12.1 Å². The number of hydrogen-bond acceptors (Lipinski definition) is 4. The second kappa shape index (κ2) is 9.34. The third-order valence-electron chi connectivity index (χ3n) is 5.47. The van der Waals surface area contributed by atoms with Gasteiger partial charge in [0, 0.05) is 29.4 Å². The number of nitrogens with zero attached hydrogens (tertiary/aromatic N) is 1. The van der Waals surface area contributed by atoms with E-state index in [1.807, 2.05) is 30.3 Å². The van der Waals surface area contributed by atoms with Crippen molar-refractivity contribution in [2.24, 2.45) is 0 Å². The molecule has 0 amide bonds. The topological polar surface area (TPSA) is 49.8 Å². The number of alkyl halides is 3. The van der Waals surface area contributed by atoms with Crippen molar-refractivity contribution in [1.29, 1.82) is 0 Å². The number of benzene rings is 2. The number of aliphatic carboxylic acids is 1. The summed E-state index contributed by atoms with van der Waals surface area (Å²) in [7, 11) is 0. The van der Waals surface area contributed by atoms with Crippen molar-refractivity contribution in [2.45, 2.75) is 25.6 Å². The summed E-state index contributed by atoms with van der Waals surface area (Å²) in [5.41, 5.74) is 2.56. The van der Waals surface area contributed by atoms with Crippen molar-refractivity contribution in [1.82, 2.24) is 4.90 Å². The SMILES string of the molecule is O=C(O)COc1ccc2c(c1)CCN(Cc1ccc(-c3ccc(C(F)(F)F)cc3)s1)CC2. The van der Waals surface area contributed by atoms with Gasteiger partial charge in [0.25, 0.3) is 0 Å². The Morgan fingerprint density at radius 3 is 2.41 bits per heavy atom. The van der Waals surface area contributed by atoms with Crippen molar-refractivity contribution in [2.75, 3.05) is 19.7 Å². The number of fused-ring (bicyclic) bond motifs is 1. The summed E-state index contributed by atoms with van der Waals surface area (Å²) >= 11 is 1.60. The summed E-state index contributed by atoms with van der Waals surface area (Å²) in [5, 5.41) is 8.78. The van der Waals surface area contributed by atoms with Crippen molar-refractivity contribution < 1.29 is 27.8 Å². The molecule has 0 bridgehead atoms. The zero-order chi connectivity index (χ0) is 22.7. The second-order valence-electron chi connectivity index (χ2n) is 7.73. The van der Waals surface area contributed by atoms with Crippen LogP contribution < -0.4 is 4.74 Å². The molecule has 2 aromatic carbocycles. The summed E-state index contributed by atoms with van der Waals surface area (Å²) in [4.78, 5) is 15.2. The van der Waals surface area contributed by atoms with Crippen molar-refractivity contribution >= 4 is 17.3 Å². The molecule has 1 N–H and O–H groups in total. The summed E-state index contributed by atoms with van der Waals surface area (Å²) in [6, 6.07) is 15.0. The molecule has 8 heteroatoms. The molecule has 0 aliphatic carbocycles. The lowest BCUT2D eigenvalue weighted by atomic mass is 10.0. The van der Waals surface area contributed by atoms with Crippen molar-refractivity contribution in [3.05, 3.63) is 76.2 Å². The van der Waals surface area contributed by atoms with Gasteiger partial charge in [-0.3, -0.25) is 4.90 Å². The average molecular weight is 462 g/mol. The predicted molar refractivity (Wildman–Crippen MR) is 117 cm³/mol. The van der Waals surface area contributed by atoms with Crippen LogP contribution in [0.3, 0.4) is 0 Å². The van der Waals surface area contributed by atoms with E-state index in [4.69, 9.17) is 9.84 Å². The van der Waals surface area contributed by atoms with Crippen LogP contribution in [0.5, 0.6) is 5.75 Å². The van der Waals surface area contributed by atoms with E-state index in [0.29, 0.717) is 5.75 Å². The maximum Gasteiger partial charge on any atom is 0.416 e. The van der Waals surface area contributed by atoms with Crippen LogP contribution in [0.15, 0.2) is 54.6 Å². The molecule has 4 nitrogen and oxygen atoms in total. The van der Waals surface area contributed by atoms with E-state index in [2.05, 4.69) is 4.90 Å². The summed E-state index contributed by atoms with van der Waals surface area (Å²) < 4.78 is 43.6. The number of rotatable bonds is 6. The molecule has 2 heterocycles. The Morgan fingerprint density at radius 2 is 1.72 bits per heavy atom. The molecule has 0 unspecified atom stereocenters. The Morgan fingerprint density at radius 1 is 1.00 bits per heavy atom. The van der Waals surface area contributed by atoms with Crippen LogP contribution in [0.25, 0.3) is 10.4 Å². The molecule has 1 aromatic heterocycles. The zero-order valence-electron chi connectivity index (χ0n) is 17.2. The molecule has 4 rings (SSSR count). The van der Waals surface area contributed by atoms with Crippen LogP contribution in [0.1, 0.15) is 21.6 Å². The van der Waals surface area contributed by atoms with Gasteiger partial charge in [-0.2, -0.15) is 13.2 Å². The first-order chi connectivity index (χ1) is 15.3. The van der Waals surface area contributed by atoms with Gasteiger partial charge in [-0.05, 0) is 65.9 Å². The van der Waals surface area contributed by atoms with Gasteiger partial charge in [-0.15, -0.1) is 11.3 Å².